The van der Waals surface area contributed by atoms with Crippen molar-refractivity contribution >= 4 is 40.6 Å². The molecule has 0 aliphatic carbocycles. The lowest BCUT2D eigenvalue weighted by molar-refractivity contribution is 0.0949. The Bertz CT molecular complexity index is 827. The second kappa shape index (κ2) is 8.28. The van der Waals surface area contributed by atoms with Gasteiger partial charge in [-0.3, -0.25) is 4.79 Å². The molecule has 0 spiro atoms. The highest BCUT2D eigenvalue weighted by atomic mass is 35.5. The average molecular weight is 365 g/mol. The molecule has 0 saturated carbocycles. The molecule has 2 aromatic heterocycles. The van der Waals surface area contributed by atoms with Crippen molar-refractivity contribution < 1.29 is 4.79 Å². The van der Waals surface area contributed by atoms with Crippen LogP contribution in [0.1, 0.15) is 26.6 Å². The highest BCUT2D eigenvalue weighted by Crippen LogP contribution is 2.22. The van der Waals surface area contributed by atoms with E-state index >= 15 is 0 Å². The average Bonchev–Trinajstić information content (AvgIpc) is 3.16. The van der Waals surface area contributed by atoms with Crippen molar-refractivity contribution in [1.82, 2.24) is 15.3 Å². The lowest BCUT2D eigenvalue weighted by Crippen LogP contribution is -2.26. The number of aryl methyl sites for hydroxylation is 1. The van der Waals surface area contributed by atoms with Crippen LogP contribution in [0.3, 0.4) is 0 Å². The Kier molecular flexibility index (Phi) is 6.36. The summed E-state index contributed by atoms with van der Waals surface area (Å²) in [5.41, 5.74) is 9.59. The molecule has 128 valence electrons. The fraction of sp³-hybridized carbons (Fsp3) is 0.294. The number of nitrogens with one attached hydrogen (secondary N) is 2. The van der Waals surface area contributed by atoms with Crippen molar-refractivity contribution in [2.24, 2.45) is 5.73 Å². The third kappa shape index (κ3) is 3.95. The summed E-state index contributed by atoms with van der Waals surface area (Å²) in [5.74, 6) is -0.124. The molecule has 0 bridgehead atoms. The molecule has 3 aromatic rings. The molecule has 0 aliphatic heterocycles. The lowest BCUT2D eigenvalue weighted by Gasteiger charge is -2.04. The van der Waals surface area contributed by atoms with Gasteiger partial charge in [0.2, 0.25) is 0 Å². The molecule has 7 heteroatoms. The quantitative estimate of drug-likeness (QED) is 0.628. The topological polar surface area (TPSA) is 83.8 Å². The minimum absolute atomic E-state index is 0. The SMILES string of the molecule is Cc1cccc2[nH]cc(CCNC(=O)c3csc(CCN)n3)c12.Cl. The van der Waals surface area contributed by atoms with Gasteiger partial charge in [-0.2, -0.15) is 0 Å². The summed E-state index contributed by atoms with van der Waals surface area (Å²) in [4.78, 5) is 19.7. The standard InChI is InChI=1S/C17H20N4OS.ClH/c1-11-3-2-4-13-16(11)12(9-20-13)6-8-19-17(22)14-10-23-15(21-14)5-7-18;/h2-4,9-10,20H,5-8,18H2,1H3,(H,19,22);1H. The van der Waals surface area contributed by atoms with Crippen molar-refractivity contribution in [3.05, 3.63) is 51.6 Å². The minimum atomic E-state index is -0.124. The maximum Gasteiger partial charge on any atom is 0.270 e. The number of hydrogen-bond donors (Lipinski definition) is 3. The third-order valence-corrected chi connectivity index (χ3v) is 4.73. The van der Waals surface area contributed by atoms with E-state index in [4.69, 9.17) is 5.73 Å². The largest absolute Gasteiger partial charge is 0.361 e. The van der Waals surface area contributed by atoms with E-state index in [1.165, 1.54) is 27.8 Å². The summed E-state index contributed by atoms with van der Waals surface area (Å²) in [6, 6.07) is 6.21. The number of fused-ring (bicyclic) bond motifs is 1. The number of rotatable bonds is 6. The smallest absolute Gasteiger partial charge is 0.270 e. The van der Waals surface area contributed by atoms with E-state index in [1.807, 2.05) is 12.3 Å². The highest BCUT2D eigenvalue weighted by molar-refractivity contribution is 7.09. The molecule has 0 unspecified atom stereocenters. The second-order valence-corrected chi connectivity index (χ2v) is 6.43. The van der Waals surface area contributed by atoms with E-state index in [-0.39, 0.29) is 18.3 Å². The summed E-state index contributed by atoms with van der Waals surface area (Å²) in [7, 11) is 0. The second-order valence-electron chi connectivity index (χ2n) is 5.48. The Morgan fingerprint density at radius 1 is 1.38 bits per heavy atom. The van der Waals surface area contributed by atoms with Crippen molar-refractivity contribution in [3.63, 3.8) is 0 Å². The fourth-order valence-corrected chi connectivity index (χ4v) is 3.50. The first-order valence-electron chi connectivity index (χ1n) is 7.67. The number of aromatic nitrogens is 2. The number of nitrogens with two attached hydrogens (primary N) is 1. The van der Waals surface area contributed by atoms with Gasteiger partial charge < -0.3 is 16.0 Å². The molecule has 5 nitrogen and oxygen atoms in total. The van der Waals surface area contributed by atoms with E-state index in [2.05, 4.69) is 34.3 Å². The Labute approximate surface area is 151 Å². The number of thiazole rings is 1. The molecule has 0 aliphatic rings. The van der Waals surface area contributed by atoms with E-state index in [1.54, 1.807) is 5.38 Å². The molecular weight excluding hydrogens is 344 g/mol. The number of hydrogen-bond acceptors (Lipinski definition) is 4. The molecule has 1 aromatic carbocycles. The monoisotopic (exact) mass is 364 g/mol. The van der Waals surface area contributed by atoms with Crippen LogP contribution in [0.15, 0.2) is 29.8 Å². The van der Waals surface area contributed by atoms with Crippen LogP contribution in [-0.4, -0.2) is 29.0 Å². The number of benzene rings is 1. The molecule has 0 fully saturated rings. The predicted octanol–water partition coefficient (Wildman–Crippen LogP) is 2.83. The lowest BCUT2D eigenvalue weighted by atomic mass is 10.1. The normalized spacial score (nSPS) is 10.6. The third-order valence-electron chi connectivity index (χ3n) is 3.82. The van der Waals surface area contributed by atoms with E-state index in [9.17, 15) is 4.79 Å². The van der Waals surface area contributed by atoms with Gasteiger partial charge in [-0.05, 0) is 37.1 Å². The summed E-state index contributed by atoms with van der Waals surface area (Å²) in [6.07, 6.45) is 3.52. The first-order chi connectivity index (χ1) is 11.2. The van der Waals surface area contributed by atoms with Crippen LogP contribution in [0, 0.1) is 6.92 Å². The Balaban J connectivity index is 0.00000208. The first kappa shape index (κ1) is 18.4. The van der Waals surface area contributed by atoms with Gasteiger partial charge in [0.1, 0.15) is 5.69 Å². The van der Waals surface area contributed by atoms with Gasteiger partial charge in [0, 0.05) is 35.4 Å². The van der Waals surface area contributed by atoms with Gasteiger partial charge in [-0.15, -0.1) is 23.7 Å². The zero-order chi connectivity index (χ0) is 16.2. The number of halogens is 1. The Morgan fingerprint density at radius 2 is 2.21 bits per heavy atom. The summed E-state index contributed by atoms with van der Waals surface area (Å²) in [5, 5.41) is 6.88. The highest BCUT2D eigenvalue weighted by Gasteiger charge is 2.11. The Hall–Kier alpha value is -1.89. The van der Waals surface area contributed by atoms with Crippen LogP contribution >= 0.6 is 23.7 Å². The summed E-state index contributed by atoms with van der Waals surface area (Å²) < 4.78 is 0. The number of carbonyl (C=O) groups excluding carboxylic acids is 1. The summed E-state index contributed by atoms with van der Waals surface area (Å²) >= 11 is 1.48. The molecule has 0 radical (unpaired) electrons. The van der Waals surface area contributed by atoms with Crippen LogP contribution in [-0.2, 0) is 12.8 Å². The van der Waals surface area contributed by atoms with Crippen LogP contribution in [0.25, 0.3) is 10.9 Å². The number of aromatic amines is 1. The molecule has 1 amide bonds. The molecular formula is C17H21ClN4OS. The van der Waals surface area contributed by atoms with Crippen molar-refractivity contribution in [2.45, 2.75) is 19.8 Å². The number of amides is 1. The van der Waals surface area contributed by atoms with Crippen molar-refractivity contribution in [3.8, 4) is 0 Å². The van der Waals surface area contributed by atoms with Gasteiger partial charge in [0.05, 0.1) is 5.01 Å². The molecule has 4 N–H and O–H groups in total. The minimum Gasteiger partial charge on any atom is -0.361 e. The predicted molar refractivity (Wildman–Crippen MR) is 101 cm³/mol. The maximum atomic E-state index is 12.1. The molecule has 24 heavy (non-hydrogen) atoms. The van der Waals surface area contributed by atoms with Crippen LogP contribution in [0.5, 0.6) is 0 Å². The molecule has 0 saturated heterocycles. The van der Waals surface area contributed by atoms with E-state index in [0.717, 1.165) is 16.9 Å². The van der Waals surface area contributed by atoms with Gasteiger partial charge in [-0.25, -0.2) is 4.98 Å². The maximum absolute atomic E-state index is 12.1. The molecule has 3 rings (SSSR count). The van der Waals surface area contributed by atoms with Crippen LogP contribution in [0.4, 0.5) is 0 Å². The van der Waals surface area contributed by atoms with E-state index < -0.39 is 0 Å². The fourth-order valence-electron chi connectivity index (χ4n) is 2.70. The van der Waals surface area contributed by atoms with Crippen molar-refractivity contribution in [2.75, 3.05) is 13.1 Å². The van der Waals surface area contributed by atoms with Gasteiger partial charge in [-0.1, -0.05) is 12.1 Å². The molecule has 2 heterocycles. The number of carbonyl (C=O) groups is 1. The Morgan fingerprint density at radius 3 is 3.00 bits per heavy atom. The van der Waals surface area contributed by atoms with E-state index in [0.29, 0.717) is 25.2 Å². The number of nitrogens with zero attached hydrogens (tertiary/aromatic N) is 1. The first-order valence-corrected chi connectivity index (χ1v) is 8.55. The zero-order valence-electron chi connectivity index (χ0n) is 13.5. The van der Waals surface area contributed by atoms with Gasteiger partial charge >= 0.3 is 0 Å². The van der Waals surface area contributed by atoms with Crippen molar-refractivity contribution in [1.29, 1.82) is 0 Å². The van der Waals surface area contributed by atoms with Gasteiger partial charge in [0.15, 0.2) is 0 Å². The van der Waals surface area contributed by atoms with Crippen LogP contribution < -0.4 is 11.1 Å². The zero-order valence-corrected chi connectivity index (χ0v) is 15.1. The molecule has 0 atom stereocenters. The summed E-state index contributed by atoms with van der Waals surface area (Å²) in [6.45, 7) is 3.24. The van der Waals surface area contributed by atoms with Crippen LogP contribution in [0.2, 0.25) is 0 Å². The van der Waals surface area contributed by atoms with Gasteiger partial charge in [0.25, 0.3) is 5.91 Å². The number of H-pyrrole nitrogens is 1.